The number of ether oxygens (including phenoxy) is 2. The molecule has 0 amide bonds. The number of carbonyl (C=O) groups is 2. The first-order valence-electron chi connectivity index (χ1n) is 8.93. The van der Waals surface area contributed by atoms with Crippen LogP contribution in [0.1, 0.15) is 78.1 Å². The lowest BCUT2D eigenvalue weighted by atomic mass is 10.1. The van der Waals surface area contributed by atoms with E-state index < -0.39 is 0 Å². The zero-order chi connectivity index (χ0) is 17.3. The van der Waals surface area contributed by atoms with Crippen LogP contribution in [0.4, 0.5) is 0 Å². The normalized spacial score (nSPS) is 10.8. The highest BCUT2D eigenvalue weighted by atomic mass is 35.5. The van der Waals surface area contributed by atoms with E-state index in [0.29, 0.717) is 50.7 Å². The molecule has 0 saturated carbocycles. The lowest BCUT2D eigenvalue weighted by Gasteiger charge is -2.07. The standard InChI is InChI=1S/C18H33ClO4/c1-16(2)10-9-15-23-18(21)12-6-5-11-17(20)22-14-8-4-3-7-13-19/h16H,3-15H2,1-2H3. The van der Waals surface area contributed by atoms with E-state index in [1.807, 2.05) is 0 Å². The molecule has 0 radical (unpaired) electrons. The predicted molar refractivity (Wildman–Crippen MR) is 93.6 cm³/mol. The Morgan fingerprint density at radius 3 is 1.83 bits per heavy atom. The van der Waals surface area contributed by atoms with Crippen molar-refractivity contribution >= 4 is 23.5 Å². The average molecular weight is 349 g/mol. The van der Waals surface area contributed by atoms with Gasteiger partial charge in [0.2, 0.25) is 0 Å². The molecule has 0 spiro atoms. The topological polar surface area (TPSA) is 52.6 Å². The molecule has 0 fully saturated rings. The fourth-order valence-corrected chi connectivity index (χ4v) is 2.29. The van der Waals surface area contributed by atoms with Gasteiger partial charge in [0.1, 0.15) is 0 Å². The monoisotopic (exact) mass is 348 g/mol. The third-order valence-electron chi connectivity index (χ3n) is 3.49. The molecular weight excluding hydrogens is 316 g/mol. The molecule has 0 N–H and O–H groups in total. The molecule has 0 bridgehead atoms. The Morgan fingerprint density at radius 2 is 1.30 bits per heavy atom. The summed E-state index contributed by atoms with van der Waals surface area (Å²) in [7, 11) is 0. The summed E-state index contributed by atoms with van der Waals surface area (Å²) in [5, 5.41) is 0. The van der Waals surface area contributed by atoms with Gasteiger partial charge in [-0.25, -0.2) is 0 Å². The summed E-state index contributed by atoms with van der Waals surface area (Å²) < 4.78 is 10.3. The van der Waals surface area contributed by atoms with Crippen molar-refractivity contribution in [2.24, 2.45) is 5.92 Å². The largest absolute Gasteiger partial charge is 0.466 e. The molecular formula is C18H33ClO4. The van der Waals surface area contributed by atoms with Gasteiger partial charge in [-0.2, -0.15) is 0 Å². The second-order valence-corrected chi connectivity index (χ2v) is 6.67. The molecule has 5 heteroatoms. The molecule has 0 atom stereocenters. The van der Waals surface area contributed by atoms with Crippen LogP contribution < -0.4 is 0 Å². The maximum Gasteiger partial charge on any atom is 0.305 e. The Balaban J connectivity index is 3.35. The van der Waals surface area contributed by atoms with Crippen molar-refractivity contribution < 1.29 is 19.1 Å². The fourth-order valence-electron chi connectivity index (χ4n) is 2.10. The van der Waals surface area contributed by atoms with Gasteiger partial charge >= 0.3 is 11.9 Å². The van der Waals surface area contributed by atoms with E-state index >= 15 is 0 Å². The number of alkyl halides is 1. The third-order valence-corrected chi connectivity index (χ3v) is 3.76. The van der Waals surface area contributed by atoms with Crippen molar-refractivity contribution in [2.75, 3.05) is 19.1 Å². The maximum atomic E-state index is 11.5. The van der Waals surface area contributed by atoms with Crippen LogP contribution in [0.3, 0.4) is 0 Å². The van der Waals surface area contributed by atoms with Gasteiger partial charge in [-0.1, -0.05) is 26.7 Å². The van der Waals surface area contributed by atoms with Crippen LogP contribution in [0, 0.1) is 5.92 Å². The molecule has 0 aliphatic rings. The summed E-state index contributed by atoms with van der Waals surface area (Å²) in [5.41, 5.74) is 0. The number of carbonyl (C=O) groups excluding carboxylic acids is 2. The molecule has 0 saturated heterocycles. The first-order valence-corrected chi connectivity index (χ1v) is 9.47. The van der Waals surface area contributed by atoms with Crippen LogP contribution in [0.15, 0.2) is 0 Å². The van der Waals surface area contributed by atoms with Gasteiger partial charge in [0.05, 0.1) is 13.2 Å². The summed E-state index contributed by atoms with van der Waals surface area (Å²) in [4.78, 5) is 23.0. The minimum absolute atomic E-state index is 0.165. The highest BCUT2D eigenvalue weighted by Gasteiger charge is 2.06. The van der Waals surface area contributed by atoms with E-state index in [0.717, 1.165) is 38.5 Å². The van der Waals surface area contributed by atoms with Crippen molar-refractivity contribution in [2.45, 2.75) is 78.1 Å². The van der Waals surface area contributed by atoms with Gasteiger partial charge in [0.15, 0.2) is 0 Å². The van der Waals surface area contributed by atoms with Crippen molar-refractivity contribution in [3.8, 4) is 0 Å². The first kappa shape index (κ1) is 22.2. The minimum atomic E-state index is -0.173. The summed E-state index contributed by atoms with van der Waals surface area (Å²) in [6, 6.07) is 0. The Kier molecular flexibility index (Phi) is 15.6. The zero-order valence-electron chi connectivity index (χ0n) is 14.8. The highest BCUT2D eigenvalue weighted by molar-refractivity contribution is 6.17. The van der Waals surface area contributed by atoms with Crippen LogP contribution in [-0.4, -0.2) is 31.0 Å². The predicted octanol–water partition coefficient (Wildman–Crippen LogP) is 4.87. The first-order chi connectivity index (χ1) is 11.1. The zero-order valence-corrected chi connectivity index (χ0v) is 15.5. The van der Waals surface area contributed by atoms with Gasteiger partial charge in [0, 0.05) is 18.7 Å². The lowest BCUT2D eigenvalue weighted by Crippen LogP contribution is -2.08. The highest BCUT2D eigenvalue weighted by Crippen LogP contribution is 2.07. The lowest BCUT2D eigenvalue weighted by molar-refractivity contribution is -0.146. The Bertz CT molecular complexity index is 305. The molecule has 0 aromatic heterocycles. The molecule has 0 unspecified atom stereocenters. The second-order valence-electron chi connectivity index (χ2n) is 6.29. The van der Waals surface area contributed by atoms with Gasteiger partial charge in [-0.05, 0) is 44.4 Å². The summed E-state index contributed by atoms with van der Waals surface area (Å²) in [6.07, 6.45) is 8.14. The van der Waals surface area contributed by atoms with Gasteiger partial charge in [0.25, 0.3) is 0 Å². The van der Waals surface area contributed by atoms with E-state index in [1.54, 1.807) is 0 Å². The molecule has 0 aromatic rings. The molecule has 0 heterocycles. The number of esters is 2. The fraction of sp³-hybridized carbons (Fsp3) is 0.889. The number of halogens is 1. The molecule has 0 aliphatic carbocycles. The molecule has 0 rings (SSSR count). The number of rotatable bonds is 15. The smallest absolute Gasteiger partial charge is 0.305 e. The van der Waals surface area contributed by atoms with Crippen molar-refractivity contribution in [1.29, 1.82) is 0 Å². The van der Waals surface area contributed by atoms with E-state index in [4.69, 9.17) is 21.1 Å². The molecule has 0 aliphatic heterocycles. The third kappa shape index (κ3) is 17.4. The average Bonchev–Trinajstić information content (AvgIpc) is 2.51. The molecule has 23 heavy (non-hydrogen) atoms. The van der Waals surface area contributed by atoms with Gasteiger partial charge in [-0.3, -0.25) is 9.59 Å². The number of unbranched alkanes of at least 4 members (excludes halogenated alkanes) is 4. The van der Waals surface area contributed by atoms with Gasteiger partial charge < -0.3 is 9.47 Å². The maximum absolute atomic E-state index is 11.5. The summed E-state index contributed by atoms with van der Waals surface area (Å²) in [5.74, 6) is 0.994. The van der Waals surface area contributed by atoms with Crippen LogP contribution in [0.25, 0.3) is 0 Å². The van der Waals surface area contributed by atoms with Crippen molar-refractivity contribution in [3.63, 3.8) is 0 Å². The van der Waals surface area contributed by atoms with Crippen LogP contribution in [0.5, 0.6) is 0 Å². The quantitative estimate of drug-likeness (QED) is 0.241. The van der Waals surface area contributed by atoms with Crippen LogP contribution >= 0.6 is 11.6 Å². The van der Waals surface area contributed by atoms with Crippen molar-refractivity contribution in [1.82, 2.24) is 0 Å². The number of hydrogen-bond donors (Lipinski definition) is 0. The summed E-state index contributed by atoms with van der Waals surface area (Å²) in [6.45, 7) is 5.30. The Labute approximate surface area is 146 Å². The van der Waals surface area contributed by atoms with Crippen molar-refractivity contribution in [3.05, 3.63) is 0 Å². The van der Waals surface area contributed by atoms with E-state index in [-0.39, 0.29) is 11.9 Å². The van der Waals surface area contributed by atoms with E-state index in [2.05, 4.69) is 13.8 Å². The molecule has 4 nitrogen and oxygen atoms in total. The minimum Gasteiger partial charge on any atom is -0.466 e. The molecule has 136 valence electrons. The Hall–Kier alpha value is -0.770. The van der Waals surface area contributed by atoms with Gasteiger partial charge in [-0.15, -0.1) is 11.6 Å². The molecule has 0 aromatic carbocycles. The van der Waals surface area contributed by atoms with E-state index in [1.165, 1.54) is 0 Å². The van der Waals surface area contributed by atoms with E-state index in [9.17, 15) is 9.59 Å². The number of hydrogen-bond acceptors (Lipinski definition) is 4. The van der Waals surface area contributed by atoms with Crippen LogP contribution in [-0.2, 0) is 19.1 Å². The SMILES string of the molecule is CC(C)CCCOC(=O)CCCCC(=O)OCCCCCCCl. The second kappa shape index (κ2) is 16.1. The Morgan fingerprint density at radius 1 is 0.783 bits per heavy atom. The summed E-state index contributed by atoms with van der Waals surface area (Å²) >= 11 is 5.59. The van der Waals surface area contributed by atoms with Crippen LogP contribution in [0.2, 0.25) is 0 Å².